The lowest BCUT2D eigenvalue weighted by atomic mass is 10.1. The molecule has 2 aliphatic rings. The molecule has 30 heavy (non-hydrogen) atoms. The average Bonchev–Trinajstić information content (AvgIpc) is 3.14. The first kappa shape index (κ1) is 20.4. The molecule has 2 aromatic carbocycles. The molecule has 158 valence electrons. The van der Waals surface area contributed by atoms with Gasteiger partial charge < -0.3 is 10.2 Å². The molecule has 0 spiro atoms. The summed E-state index contributed by atoms with van der Waals surface area (Å²) in [5.41, 5.74) is 3.51. The number of nitrogens with one attached hydrogen (secondary N) is 1. The molecular weight excluding hydrogens is 402 g/mol. The van der Waals surface area contributed by atoms with Gasteiger partial charge in [-0.25, -0.2) is 13.2 Å². The van der Waals surface area contributed by atoms with Gasteiger partial charge in [0.2, 0.25) is 5.91 Å². The van der Waals surface area contributed by atoms with Crippen molar-refractivity contribution in [2.45, 2.75) is 32.4 Å². The molecule has 1 N–H and O–H groups in total. The van der Waals surface area contributed by atoms with Crippen molar-refractivity contribution in [3.8, 4) is 0 Å². The minimum atomic E-state index is -3.28. The van der Waals surface area contributed by atoms with Crippen LogP contribution in [0.15, 0.2) is 48.5 Å². The summed E-state index contributed by atoms with van der Waals surface area (Å²) in [7, 11) is -3.28. The van der Waals surface area contributed by atoms with Crippen LogP contribution in [-0.4, -0.2) is 55.4 Å². The van der Waals surface area contributed by atoms with E-state index in [4.69, 9.17) is 0 Å². The Bertz CT molecular complexity index is 1060. The summed E-state index contributed by atoms with van der Waals surface area (Å²) in [5, 5.41) is 2.79. The van der Waals surface area contributed by atoms with E-state index >= 15 is 0 Å². The molecular formula is C22H25N3O4S. The van der Waals surface area contributed by atoms with E-state index in [1.54, 1.807) is 12.1 Å². The second-order valence-corrected chi connectivity index (χ2v) is 10.1. The molecule has 0 saturated carbocycles. The van der Waals surface area contributed by atoms with Gasteiger partial charge in [0.05, 0.1) is 23.6 Å². The summed E-state index contributed by atoms with van der Waals surface area (Å²) in [6.45, 7) is 3.81. The summed E-state index contributed by atoms with van der Waals surface area (Å²) in [6, 6.07) is 13.6. The molecule has 0 unspecified atom stereocenters. The number of nitrogens with zero attached hydrogens (tertiary/aromatic N) is 2. The Morgan fingerprint density at radius 1 is 1.03 bits per heavy atom. The van der Waals surface area contributed by atoms with Crippen molar-refractivity contribution in [3.63, 3.8) is 0 Å². The molecule has 2 aromatic rings. The Labute approximate surface area is 176 Å². The van der Waals surface area contributed by atoms with Gasteiger partial charge in [-0.15, -0.1) is 0 Å². The molecule has 8 heteroatoms. The first-order valence-electron chi connectivity index (χ1n) is 10.0. The number of anilines is 2. The quantitative estimate of drug-likeness (QED) is 0.743. The zero-order valence-electron chi connectivity index (χ0n) is 17.0. The van der Waals surface area contributed by atoms with E-state index in [2.05, 4.69) is 5.32 Å². The van der Waals surface area contributed by atoms with Crippen LogP contribution < -0.4 is 10.2 Å². The highest BCUT2D eigenvalue weighted by Gasteiger charge is 2.54. The first-order valence-corrected chi connectivity index (χ1v) is 11.9. The lowest BCUT2D eigenvalue weighted by Crippen LogP contribution is -2.42. The monoisotopic (exact) mass is 427 g/mol. The van der Waals surface area contributed by atoms with Crippen molar-refractivity contribution < 1.29 is 18.0 Å². The van der Waals surface area contributed by atoms with Crippen molar-refractivity contribution in [1.29, 1.82) is 0 Å². The molecule has 2 atom stereocenters. The van der Waals surface area contributed by atoms with Gasteiger partial charge in [0.1, 0.15) is 6.54 Å². The second-order valence-electron chi connectivity index (χ2n) is 7.93. The Balaban J connectivity index is 1.57. The summed E-state index contributed by atoms with van der Waals surface area (Å²) >= 11 is 0. The Morgan fingerprint density at radius 3 is 2.30 bits per heavy atom. The van der Waals surface area contributed by atoms with Gasteiger partial charge in [-0.05, 0) is 43.2 Å². The van der Waals surface area contributed by atoms with Gasteiger partial charge in [-0.2, -0.15) is 0 Å². The molecule has 7 nitrogen and oxygen atoms in total. The fraction of sp³-hybridized carbons (Fsp3) is 0.364. The molecule has 3 amide bonds. The van der Waals surface area contributed by atoms with Crippen molar-refractivity contribution in [2.24, 2.45) is 0 Å². The molecule has 2 fully saturated rings. The Hall–Kier alpha value is -2.87. The SMILES string of the molecule is CCc1ccc(N2C(=O)N(CC(=O)Nc3ccc(C)cc3)[C@@H]3CS(=O)(=O)C[C@@H]32)cc1. The van der Waals surface area contributed by atoms with Crippen molar-refractivity contribution in [2.75, 3.05) is 28.3 Å². The summed E-state index contributed by atoms with van der Waals surface area (Å²) < 4.78 is 24.6. The molecule has 0 radical (unpaired) electrons. The van der Waals surface area contributed by atoms with Crippen LogP contribution in [0.1, 0.15) is 18.1 Å². The number of rotatable bonds is 5. The van der Waals surface area contributed by atoms with Crippen LogP contribution in [-0.2, 0) is 21.1 Å². The predicted molar refractivity (Wildman–Crippen MR) is 116 cm³/mol. The van der Waals surface area contributed by atoms with Crippen molar-refractivity contribution in [3.05, 3.63) is 59.7 Å². The summed E-state index contributed by atoms with van der Waals surface area (Å²) in [5.74, 6) is -0.557. The number of carbonyl (C=O) groups is 2. The normalized spacial score (nSPS) is 22.3. The molecule has 0 aromatic heterocycles. The highest BCUT2D eigenvalue weighted by molar-refractivity contribution is 7.91. The Morgan fingerprint density at radius 2 is 1.67 bits per heavy atom. The van der Waals surface area contributed by atoms with Crippen LogP contribution >= 0.6 is 0 Å². The van der Waals surface area contributed by atoms with Crippen LogP contribution in [0.25, 0.3) is 0 Å². The zero-order chi connectivity index (χ0) is 21.5. The molecule has 0 aliphatic carbocycles. The third kappa shape index (κ3) is 3.92. The van der Waals surface area contributed by atoms with Gasteiger partial charge >= 0.3 is 6.03 Å². The third-order valence-corrected chi connectivity index (χ3v) is 7.45. The average molecular weight is 428 g/mol. The van der Waals surface area contributed by atoms with E-state index in [9.17, 15) is 18.0 Å². The van der Waals surface area contributed by atoms with Gasteiger partial charge in [-0.1, -0.05) is 36.8 Å². The fourth-order valence-corrected chi connectivity index (χ4v) is 6.10. The first-order chi connectivity index (χ1) is 14.3. The third-order valence-electron chi connectivity index (χ3n) is 5.75. The summed E-state index contributed by atoms with van der Waals surface area (Å²) in [4.78, 5) is 28.7. The zero-order valence-corrected chi connectivity index (χ0v) is 17.9. The number of hydrogen-bond acceptors (Lipinski definition) is 4. The second kappa shape index (κ2) is 7.75. The fourth-order valence-electron chi connectivity index (χ4n) is 4.15. The van der Waals surface area contributed by atoms with Crippen LogP contribution in [0.2, 0.25) is 0 Å². The maximum Gasteiger partial charge on any atom is 0.325 e. The number of carbonyl (C=O) groups excluding carboxylic acids is 2. The standard InChI is InChI=1S/C22H25N3O4S/c1-3-16-6-10-18(11-7-16)25-20-14-30(28,29)13-19(20)24(22(25)27)12-21(26)23-17-8-4-15(2)5-9-17/h4-11,19-20H,3,12-14H2,1-2H3,(H,23,26)/t19-,20+/m1/s1. The molecule has 2 aliphatic heterocycles. The van der Waals surface area contributed by atoms with Crippen LogP contribution in [0.4, 0.5) is 16.2 Å². The van der Waals surface area contributed by atoms with Crippen LogP contribution in [0.3, 0.4) is 0 Å². The number of benzene rings is 2. The number of hydrogen-bond donors (Lipinski definition) is 1. The highest BCUT2D eigenvalue weighted by atomic mass is 32.2. The lowest BCUT2D eigenvalue weighted by molar-refractivity contribution is -0.116. The largest absolute Gasteiger partial charge is 0.325 e. The number of fused-ring (bicyclic) bond motifs is 1. The van der Waals surface area contributed by atoms with E-state index in [0.29, 0.717) is 11.4 Å². The van der Waals surface area contributed by atoms with E-state index in [0.717, 1.165) is 17.5 Å². The van der Waals surface area contributed by atoms with E-state index in [1.165, 1.54) is 9.80 Å². The lowest BCUT2D eigenvalue weighted by Gasteiger charge is -2.22. The maximum atomic E-state index is 13.2. The number of aryl methyl sites for hydroxylation is 2. The van der Waals surface area contributed by atoms with E-state index in [-0.39, 0.29) is 30.0 Å². The smallest absolute Gasteiger partial charge is 0.325 e. The van der Waals surface area contributed by atoms with Gasteiger partial charge in [0.25, 0.3) is 0 Å². The number of amides is 3. The maximum absolute atomic E-state index is 13.2. The van der Waals surface area contributed by atoms with E-state index < -0.39 is 21.9 Å². The van der Waals surface area contributed by atoms with Gasteiger partial charge in [0.15, 0.2) is 9.84 Å². The molecule has 4 rings (SSSR count). The molecule has 0 bridgehead atoms. The van der Waals surface area contributed by atoms with Crippen LogP contribution in [0.5, 0.6) is 0 Å². The van der Waals surface area contributed by atoms with Crippen LogP contribution in [0, 0.1) is 6.92 Å². The topological polar surface area (TPSA) is 86.8 Å². The summed E-state index contributed by atoms with van der Waals surface area (Å²) in [6.07, 6.45) is 0.875. The van der Waals surface area contributed by atoms with Crippen molar-refractivity contribution >= 4 is 33.2 Å². The van der Waals surface area contributed by atoms with Crippen molar-refractivity contribution in [1.82, 2.24) is 4.90 Å². The molecule has 2 heterocycles. The van der Waals surface area contributed by atoms with E-state index in [1.807, 2.05) is 50.2 Å². The number of urea groups is 1. The van der Waals surface area contributed by atoms with Gasteiger partial charge in [-0.3, -0.25) is 9.69 Å². The highest BCUT2D eigenvalue weighted by Crippen LogP contribution is 2.35. The molecule has 2 saturated heterocycles. The number of sulfone groups is 1. The predicted octanol–water partition coefficient (Wildman–Crippen LogP) is 2.60. The minimum absolute atomic E-state index is 0.0883. The Kier molecular flexibility index (Phi) is 5.27. The minimum Gasteiger partial charge on any atom is -0.325 e. The van der Waals surface area contributed by atoms with Gasteiger partial charge in [0, 0.05) is 11.4 Å².